The number of carboxylic acid groups (broad SMARTS) is 1. The molecular weight excluding hydrogens is 164 g/mol. The summed E-state index contributed by atoms with van der Waals surface area (Å²) in [5.74, 6) is -4.06. The number of carboxylic acids is 1. The topological polar surface area (TPSA) is 63.3 Å². The number of aliphatic carboxylic acids is 1. The second-order valence-electron chi connectivity index (χ2n) is 1.54. The van der Waals surface area contributed by atoms with Crippen molar-refractivity contribution in [3.8, 4) is 0 Å². The lowest BCUT2D eigenvalue weighted by Gasteiger charge is -2.03. The minimum atomic E-state index is -2.55. The van der Waals surface area contributed by atoms with E-state index in [4.69, 9.17) is 10.8 Å². The van der Waals surface area contributed by atoms with Gasteiger partial charge in [-0.2, -0.15) is 8.78 Å². The van der Waals surface area contributed by atoms with E-state index < -0.39 is 17.8 Å². The van der Waals surface area contributed by atoms with Crippen LogP contribution in [0.4, 0.5) is 8.78 Å². The predicted octanol–water partition coefficient (Wildman–Crippen LogP) is 0.354. The first-order valence-corrected chi connectivity index (χ1v) is 3.47. The zero-order chi connectivity index (χ0) is 8.15. The van der Waals surface area contributed by atoms with Crippen LogP contribution in [0.3, 0.4) is 0 Å². The lowest BCUT2D eigenvalue weighted by atomic mass is 10.4. The van der Waals surface area contributed by atoms with Gasteiger partial charge in [0.05, 0.1) is 0 Å². The van der Waals surface area contributed by atoms with E-state index in [0.29, 0.717) is 0 Å². The second-order valence-corrected chi connectivity index (χ2v) is 2.56. The smallest absolute Gasteiger partial charge is 0.321 e. The van der Waals surface area contributed by atoms with Gasteiger partial charge in [-0.05, 0) is 0 Å². The predicted molar refractivity (Wildman–Crippen MR) is 34.1 cm³/mol. The number of alkyl halides is 2. The minimum Gasteiger partial charge on any atom is -0.480 e. The van der Waals surface area contributed by atoms with Crippen LogP contribution in [0.2, 0.25) is 0 Å². The highest BCUT2D eigenvalue weighted by Crippen LogP contribution is 2.13. The first-order valence-electron chi connectivity index (χ1n) is 2.42. The van der Waals surface area contributed by atoms with Gasteiger partial charge in [-0.25, -0.2) is 0 Å². The van der Waals surface area contributed by atoms with E-state index >= 15 is 0 Å². The van der Waals surface area contributed by atoms with Gasteiger partial charge in [0.1, 0.15) is 6.04 Å². The van der Waals surface area contributed by atoms with E-state index in [1.165, 1.54) is 0 Å². The molecule has 6 heteroatoms. The van der Waals surface area contributed by atoms with Crippen LogP contribution >= 0.6 is 11.8 Å². The van der Waals surface area contributed by atoms with Gasteiger partial charge in [0.15, 0.2) is 0 Å². The molecule has 0 rings (SSSR count). The number of carbonyl (C=O) groups is 1. The van der Waals surface area contributed by atoms with Crippen LogP contribution < -0.4 is 5.73 Å². The quantitative estimate of drug-likeness (QED) is 0.640. The summed E-state index contributed by atoms with van der Waals surface area (Å²) >= 11 is 0.229. The number of hydrogen-bond acceptors (Lipinski definition) is 3. The Bertz CT molecular complexity index is 122. The highest BCUT2D eigenvalue weighted by molar-refractivity contribution is 7.99. The average Bonchev–Trinajstić information content (AvgIpc) is 1.82. The molecule has 0 saturated heterocycles. The van der Waals surface area contributed by atoms with Crippen molar-refractivity contribution in [1.29, 1.82) is 0 Å². The fourth-order valence-corrected chi connectivity index (χ4v) is 0.743. The maximum absolute atomic E-state index is 11.4. The third-order valence-corrected chi connectivity index (χ3v) is 1.52. The molecule has 3 nitrogen and oxygen atoms in total. The van der Waals surface area contributed by atoms with E-state index in [9.17, 15) is 13.6 Å². The van der Waals surface area contributed by atoms with Gasteiger partial charge in [-0.15, -0.1) is 0 Å². The molecule has 0 aliphatic carbocycles. The maximum Gasteiger partial charge on any atom is 0.321 e. The summed E-state index contributed by atoms with van der Waals surface area (Å²) in [4.78, 5) is 9.93. The van der Waals surface area contributed by atoms with E-state index in [1.54, 1.807) is 0 Å². The zero-order valence-electron chi connectivity index (χ0n) is 4.96. The molecule has 3 N–H and O–H groups in total. The Labute approximate surface area is 60.6 Å². The molecule has 0 bridgehead atoms. The zero-order valence-corrected chi connectivity index (χ0v) is 5.78. The third kappa shape index (κ3) is 4.51. The number of thioether (sulfide) groups is 1. The molecule has 60 valence electrons. The van der Waals surface area contributed by atoms with Crippen molar-refractivity contribution >= 4 is 17.7 Å². The molecule has 0 amide bonds. The summed E-state index contributed by atoms with van der Waals surface area (Å²) in [6, 6.07) is -1.20. The maximum atomic E-state index is 11.4. The van der Waals surface area contributed by atoms with Crippen molar-refractivity contribution in [2.75, 3.05) is 5.75 Å². The number of rotatable bonds is 4. The van der Waals surface area contributed by atoms with Gasteiger partial charge in [-0.3, -0.25) is 4.79 Å². The van der Waals surface area contributed by atoms with Crippen LogP contribution in [0.15, 0.2) is 0 Å². The largest absolute Gasteiger partial charge is 0.480 e. The highest BCUT2D eigenvalue weighted by atomic mass is 32.2. The first kappa shape index (κ1) is 9.64. The molecular formula is C4H7F2NO2S. The summed E-state index contributed by atoms with van der Waals surface area (Å²) in [6.45, 7) is 0. The number of nitrogens with two attached hydrogens (primary N) is 1. The van der Waals surface area contributed by atoms with Gasteiger partial charge in [-0.1, -0.05) is 11.8 Å². The first-order chi connectivity index (χ1) is 4.54. The molecule has 0 aromatic carbocycles. The van der Waals surface area contributed by atoms with Gasteiger partial charge in [0, 0.05) is 5.75 Å². The van der Waals surface area contributed by atoms with Gasteiger partial charge < -0.3 is 10.8 Å². The summed E-state index contributed by atoms with van der Waals surface area (Å²) < 4.78 is 22.7. The van der Waals surface area contributed by atoms with Gasteiger partial charge in [0.25, 0.3) is 5.76 Å². The summed E-state index contributed by atoms with van der Waals surface area (Å²) in [5.41, 5.74) is 4.91. The minimum absolute atomic E-state index is 0.229. The Morgan fingerprint density at radius 2 is 2.20 bits per heavy atom. The van der Waals surface area contributed by atoms with Crippen molar-refractivity contribution in [1.82, 2.24) is 0 Å². The molecule has 0 aliphatic heterocycles. The number of hydrogen-bond donors (Lipinski definition) is 2. The lowest BCUT2D eigenvalue weighted by molar-refractivity contribution is -0.137. The Morgan fingerprint density at radius 3 is 2.50 bits per heavy atom. The van der Waals surface area contributed by atoms with Gasteiger partial charge >= 0.3 is 5.97 Å². The molecule has 0 aromatic rings. The van der Waals surface area contributed by atoms with Crippen LogP contribution in [0.5, 0.6) is 0 Å². The van der Waals surface area contributed by atoms with Crippen LogP contribution in [-0.4, -0.2) is 28.6 Å². The van der Waals surface area contributed by atoms with Crippen LogP contribution in [0.25, 0.3) is 0 Å². The van der Waals surface area contributed by atoms with Crippen LogP contribution in [0.1, 0.15) is 0 Å². The standard InChI is InChI=1S/C4H7F2NO2S/c5-4(6)10-1-2(7)3(8)9/h2,4H,1,7H2,(H,8,9)/t2-/m0/s1. The Kier molecular flexibility index (Phi) is 4.29. The molecule has 0 heterocycles. The fraction of sp³-hybridized carbons (Fsp3) is 0.750. The molecule has 0 spiro atoms. The second kappa shape index (κ2) is 4.45. The average molecular weight is 171 g/mol. The monoisotopic (exact) mass is 171 g/mol. The van der Waals surface area contributed by atoms with Crippen molar-refractivity contribution in [3.05, 3.63) is 0 Å². The third-order valence-electron chi connectivity index (χ3n) is 0.719. The Balaban J connectivity index is 3.40. The summed E-state index contributed by atoms with van der Waals surface area (Å²) in [6.07, 6.45) is 0. The fourth-order valence-electron chi connectivity index (χ4n) is 0.248. The molecule has 0 aromatic heterocycles. The summed E-state index contributed by atoms with van der Waals surface area (Å²) in [7, 11) is 0. The van der Waals surface area contributed by atoms with Gasteiger partial charge in [0.2, 0.25) is 0 Å². The normalized spacial score (nSPS) is 13.6. The highest BCUT2D eigenvalue weighted by Gasteiger charge is 2.13. The molecule has 10 heavy (non-hydrogen) atoms. The molecule has 0 aliphatic rings. The Hall–Kier alpha value is -0.360. The molecule has 0 fully saturated rings. The molecule has 0 radical (unpaired) electrons. The van der Waals surface area contributed by atoms with E-state index in [-0.39, 0.29) is 17.5 Å². The number of halogens is 2. The molecule has 1 atom stereocenters. The molecule has 0 saturated carbocycles. The molecule has 0 unspecified atom stereocenters. The van der Waals surface area contributed by atoms with Crippen molar-refractivity contribution < 1.29 is 18.7 Å². The van der Waals surface area contributed by atoms with Crippen LogP contribution in [-0.2, 0) is 4.79 Å². The summed E-state index contributed by atoms with van der Waals surface area (Å²) in [5, 5.41) is 8.11. The van der Waals surface area contributed by atoms with Crippen molar-refractivity contribution in [3.63, 3.8) is 0 Å². The van der Waals surface area contributed by atoms with Crippen molar-refractivity contribution in [2.24, 2.45) is 5.73 Å². The van der Waals surface area contributed by atoms with E-state index in [1.807, 2.05) is 0 Å². The van der Waals surface area contributed by atoms with E-state index in [2.05, 4.69) is 0 Å². The Morgan fingerprint density at radius 1 is 1.70 bits per heavy atom. The van der Waals surface area contributed by atoms with E-state index in [0.717, 1.165) is 0 Å². The van der Waals surface area contributed by atoms with Crippen LogP contribution in [0, 0.1) is 0 Å². The van der Waals surface area contributed by atoms with Crippen molar-refractivity contribution in [2.45, 2.75) is 11.8 Å². The lowest BCUT2D eigenvalue weighted by Crippen LogP contribution is -2.32. The SMILES string of the molecule is N[C@@H](CSC(F)F)C(=O)O.